The van der Waals surface area contributed by atoms with Crippen LogP contribution in [0.4, 0.5) is 0 Å². The second-order valence-electron chi connectivity index (χ2n) is 5.43. The first-order valence-electron chi connectivity index (χ1n) is 6.53. The Labute approximate surface area is 123 Å². The number of sulfone groups is 1. The molecule has 1 fully saturated rings. The number of carbonyl (C=O) groups is 2. The van der Waals surface area contributed by atoms with Gasteiger partial charge in [-0.25, -0.2) is 8.42 Å². The van der Waals surface area contributed by atoms with Gasteiger partial charge in [-0.1, -0.05) is 6.07 Å². The van der Waals surface area contributed by atoms with E-state index in [1.54, 1.807) is 19.1 Å². The Hall–Kier alpha value is -1.89. The average Bonchev–Trinajstić information content (AvgIpc) is 2.31. The zero-order valence-electron chi connectivity index (χ0n) is 11.8. The van der Waals surface area contributed by atoms with E-state index in [1.807, 2.05) is 0 Å². The van der Waals surface area contributed by atoms with E-state index >= 15 is 0 Å². The molecule has 0 heterocycles. The van der Waals surface area contributed by atoms with Crippen molar-refractivity contribution in [1.29, 1.82) is 0 Å². The van der Waals surface area contributed by atoms with Crippen LogP contribution in [0.2, 0.25) is 0 Å². The van der Waals surface area contributed by atoms with E-state index in [4.69, 9.17) is 5.11 Å². The van der Waals surface area contributed by atoms with Crippen LogP contribution in [0.1, 0.15) is 28.8 Å². The summed E-state index contributed by atoms with van der Waals surface area (Å²) in [5, 5.41) is 11.5. The summed E-state index contributed by atoms with van der Waals surface area (Å²) >= 11 is 0. The van der Waals surface area contributed by atoms with E-state index in [2.05, 4.69) is 5.32 Å². The van der Waals surface area contributed by atoms with E-state index < -0.39 is 21.7 Å². The Bertz CT molecular complexity index is 689. The molecule has 0 aliphatic heterocycles. The van der Waals surface area contributed by atoms with Gasteiger partial charge >= 0.3 is 5.97 Å². The van der Waals surface area contributed by atoms with E-state index in [9.17, 15) is 18.0 Å². The lowest BCUT2D eigenvalue weighted by Gasteiger charge is -2.32. The first kappa shape index (κ1) is 15.5. The Morgan fingerprint density at radius 2 is 1.90 bits per heavy atom. The zero-order chi connectivity index (χ0) is 15.8. The van der Waals surface area contributed by atoms with Gasteiger partial charge in [0.05, 0.1) is 10.8 Å². The predicted octanol–water partition coefficient (Wildman–Crippen LogP) is 0.992. The smallest absolute Gasteiger partial charge is 0.306 e. The largest absolute Gasteiger partial charge is 0.481 e. The van der Waals surface area contributed by atoms with Crippen molar-refractivity contribution >= 4 is 21.7 Å². The lowest BCUT2D eigenvalue weighted by atomic mass is 9.80. The monoisotopic (exact) mass is 311 g/mol. The van der Waals surface area contributed by atoms with Crippen molar-refractivity contribution < 1.29 is 23.1 Å². The number of rotatable bonds is 4. The maximum absolute atomic E-state index is 12.1. The SMILES string of the molecule is Cc1ccc(C(=O)NC2CC(C(=O)O)C2)cc1S(C)(=O)=O. The molecule has 114 valence electrons. The highest BCUT2D eigenvalue weighted by molar-refractivity contribution is 7.90. The zero-order valence-corrected chi connectivity index (χ0v) is 12.6. The molecule has 2 N–H and O–H groups in total. The number of hydrogen-bond acceptors (Lipinski definition) is 4. The van der Waals surface area contributed by atoms with Crippen molar-refractivity contribution in [1.82, 2.24) is 5.32 Å². The fourth-order valence-corrected chi connectivity index (χ4v) is 3.34. The quantitative estimate of drug-likeness (QED) is 0.863. The highest BCUT2D eigenvalue weighted by Gasteiger charge is 2.35. The first-order valence-corrected chi connectivity index (χ1v) is 8.42. The minimum absolute atomic E-state index is 0.132. The highest BCUT2D eigenvalue weighted by atomic mass is 32.2. The summed E-state index contributed by atoms with van der Waals surface area (Å²) in [5.41, 5.74) is 0.850. The third-order valence-electron chi connectivity index (χ3n) is 3.67. The van der Waals surface area contributed by atoms with Gasteiger partial charge in [0.15, 0.2) is 9.84 Å². The molecule has 2 rings (SSSR count). The van der Waals surface area contributed by atoms with Gasteiger partial charge < -0.3 is 10.4 Å². The summed E-state index contributed by atoms with van der Waals surface area (Å²) in [7, 11) is -3.39. The number of carboxylic acid groups (broad SMARTS) is 1. The number of benzene rings is 1. The standard InChI is InChI=1S/C14H17NO5S/c1-8-3-4-9(7-12(8)21(2,19)20)13(16)15-11-5-10(6-11)14(17)18/h3-4,7,10-11H,5-6H2,1-2H3,(H,15,16)(H,17,18). The lowest BCUT2D eigenvalue weighted by molar-refractivity contribution is -0.145. The maximum atomic E-state index is 12.1. The molecule has 1 aliphatic rings. The van der Waals surface area contributed by atoms with Gasteiger partial charge in [0.2, 0.25) is 0 Å². The van der Waals surface area contributed by atoms with Gasteiger partial charge in [-0.2, -0.15) is 0 Å². The molecule has 1 aromatic rings. The van der Waals surface area contributed by atoms with E-state index in [0.29, 0.717) is 18.4 Å². The molecule has 6 nitrogen and oxygen atoms in total. The molecular weight excluding hydrogens is 294 g/mol. The third kappa shape index (κ3) is 3.41. The number of carbonyl (C=O) groups excluding carboxylic acids is 1. The molecular formula is C14H17NO5S. The number of carboxylic acids is 1. The summed E-state index contributed by atoms with van der Waals surface area (Å²) in [6.07, 6.45) is 1.91. The summed E-state index contributed by atoms with van der Waals surface area (Å²) < 4.78 is 23.3. The molecule has 0 saturated heterocycles. The number of amides is 1. The number of nitrogens with one attached hydrogen (secondary N) is 1. The fraction of sp³-hybridized carbons (Fsp3) is 0.429. The predicted molar refractivity (Wildman–Crippen MR) is 75.9 cm³/mol. The topological polar surface area (TPSA) is 101 Å². The average molecular weight is 311 g/mol. The minimum atomic E-state index is -3.39. The van der Waals surface area contributed by atoms with E-state index in [0.717, 1.165) is 6.26 Å². The third-order valence-corrected chi connectivity index (χ3v) is 4.91. The van der Waals surface area contributed by atoms with Crippen molar-refractivity contribution in [3.05, 3.63) is 29.3 Å². The van der Waals surface area contributed by atoms with Gasteiger partial charge in [-0.3, -0.25) is 9.59 Å². The van der Waals surface area contributed by atoms with E-state index in [-0.39, 0.29) is 22.4 Å². The number of hydrogen-bond donors (Lipinski definition) is 2. The second kappa shape index (κ2) is 5.48. The normalized spacial score (nSPS) is 21.4. The minimum Gasteiger partial charge on any atom is -0.481 e. The Balaban J connectivity index is 2.09. The van der Waals surface area contributed by atoms with Crippen molar-refractivity contribution in [3.63, 3.8) is 0 Å². The molecule has 1 aliphatic carbocycles. The Morgan fingerprint density at radius 3 is 2.43 bits per heavy atom. The van der Waals surface area contributed by atoms with Crippen molar-refractivity contribution in [2.75, 3.05) is 6.26 Å². The van der Waals surface area contributed by atoms with E-state index in [1.165, 1.54) is 6.07 Å². The Kier molecular flexibility index (Phi) is 4.04. The van der Waals surface area contributed by atoms with Crippen molar-refractivity contribution in [3.8, 4) is 0 Å². The molecule has 0 aromatic heterocycles. The summed E-state index contributed by atoms with van der Waals surface area (Å²) in [6, 6.07) is 4.34. The van der Waals surface area contributed by atoms with Crippen LogP contribution in [0.15, 0.2) is 23.1 Å². The molecule has 0 bridgehead atoms. The molecule has 1 amide bonds. The first-order chi connectivity index (χ1) is 9.68. The lowest BCUT2D eigenvalue weighted by Crippen LogP contribution is -2.46. The van der Waals surface area contributed by atoms with Crippen LogP contribution in [-0.4, -0.2) is 37.7 Å². The van der Waals surface area contributed by atoms with Crippen LogP contribution in [0.25, 0.3) is 0 Å². The van der Waals surface area contributed by atoms with Gasteiger partial charge in [0.25, 0.3) is 5.91 Å². The molecule has 0 spiro atoms. The van der Waals surface area contributed by atoms with Gasteiger partial charge in [0, 0.05) is 17.9 Å². The van der Waals surface area contributed by atoms with Crippen LogP contribution < -0.4 is 5.32 Å². The molecule has 1 saturated carbocycles. The van der Waals surface area contributed by atoms with Crippen LogP contribution in [0.5, 0.6) is 0 Å². The number of aliphatic carboxylic acids is 1. The van der Waals surface area contributed by atoms with Crippen LogP contribution in [0.3, 0.4) is 0 Å². The summed E-state index contributed by atoms with van der Waals surface area (Å²) in [4.78, 5) is 22.9. The van der Waals surface area contributed by atoms with Gasteiger partial charge in [0.1, 0.15) is 0 Å². The van der Waals surface area contributed by atoms with Crippen LogP contribution in [0, 0.1) is 12.8 Å². The second-order valence-corrected chi connectivity index (χ2v) is 7.41. The van der Waals surface area contributed by atoms with Gasteiger partial charge in [-0.15, -0.1) is 0 Å². The molecule has 0 unspecified atom stereocenters. The molecule has 0 radical (unpaired) electrons. The highest BCUT2D eigenvalue weighted by Crippen LogP contribution is 2.27. The van der Waals surface area contributed by atoms with Crippen LogP contribution >= 0.6 is 0 Å². The molecule has 21 heavy (non-hydrogen) atoms. The maximum Gasteiger partial charge on any atom is 0.306 e. The fourth-order valence-electron chi connectivity index (χ4n) is 2.35. The van der Waals surface area contributed by atoms with Crippen molar-refractivity contribution in [2.24, 2.45) is 5.92 Å². The number of aryl methyl sites for hydroxylation is 1. The summed E-state index contributed by atoms with van der Waals surface area (Å²) in [5.74, 6) is -1.64. The molecule has 1 aromatic carbocycles. The summed E-state index contributed by atoms with van der Waals surface area (Å²) in [6.45, 7) is 1.67. The molecule has 0 atom stereocenters. The Morgan fingerprint density at radius 1 is 1.29 bits per heavy atom. The molecule has 7 heteroatoms. The van der Waals surface area contributed by atoms with Crippen LogP contribution in [-0.2, 0) is 14.6 Å². The van der Waals surface area contributed by atoms with Crippen molar-refractivity contribution in [2.45, 2.75) is 30.7 Å². The van der Waals surface area contributed by atoms with Gasteiger partial charge in [-0.05, 0) is 37.5 Å².